The van der Waals surface area contributed by atoms with Crippen molar-refractivity contribution in [3.63, 3.8) is 0 Å². The number of aryl methyl sites for hydroxylation is 4. The van der Waals surface area contributed by atoms with Gasteiger partial charge in [0.1, 0.15) is 0 Å². The Kier molecular flexibility index (Phi) is 3.87. The van der Waals surface area contributed by atoms with Crippen LogP contribution in [0.5, 0.6) is 0 Å². The van der Waals surface area contributed by atoms with Gasteiger partial charge in [-0.15, -0.1) is 0 Å². The Balaban J connectivity index is 2.36. The Bertz CT molecular complexity index is 518. The van der Waals surface area contributed by atoms with Gasteiger partial charge >= 0.3 is 115 Å². The first-order chi connectivity index (χ1) is 8.06. The SMILES string of the molecule is Cc1cccc([I-]c2c(C)cc(C)cc2C)c1. The van der Waals surface area contributed by atoms with E-state index in [0.29, 0.717) is 0 Å². The van der Waals surface area contributed by atoms with Crippen molar-refractivity contribution < 1.29 is 21.2 Å². The molecule has 2 rings (SSSR count). The van der Waals surface area contributed by atoms with Crippen LogP contribution in [0.3, 0.4) is 0 Å². The van der Waals surface area contributed by atoms with Crippen LogP contribution in [0, 0.1) is 34.8 Å². The molecule has 0 aliphatic rings. The molecule has 2 aromatic carbocycles. The van der Waals surface area contributed by atoms with Gasteiger partial charge in [-0.05, 0) is 0 Å². The number of hydrogen-bond donors (Lipinski definition) is 0. The van der Waals surface area contributed by atoms with Gasteiger partial charge in [0.15, 0.2) is 0 Å². The maximum atomic E-state index is 2.33. The summed E-state index contributed by atoms with van der Waals surface area (Å²) < 4.78 is 3.10. The topological polar surface area (TPSA) is 0 Å². The van der Waals surface area contributed by atoms with Crippen molar-refractivity contribution in [1.82, 2.24) is 0 Å². The third-order valence-corrected chi connectivity index (χ3v) is 6.30. The summed E-state index contributed by atoms with van der Waals surface area (Å²) >= 11 is -0.0443. The number of hydrogen-bond acceptors (Lipinski definition) is 0. The first-order valence-electron chi connectivity index (χ1n) is 5.85. The molecule has 0 bridgehead atoms. The molecule has 0 atom stereocenters. The molecule has 0 saturated heterocycles. The summed E-state index contributed by atoms with van der Waals surface area (Å²) in [5.41, 5.74) is 5.65. The van der Waals surface area contributed by atoms with Crippen molar-refractivity contribution >= 4 is 0 Å². The van der Waals surface area contributed by atoms with Crippen LogP contribution in [0.25, 0.3) is 0 Å². The van der Waals surface area contributed by atoms with Crippen LogP contribution in [-0.4, -0.2) is 0 Å². The molecular formula is C16H18I-. The van der Waals surface area contributed by atoms with Gasteiger partial charge in [-0.2, -0.15) is 0 Å². The molecule has 0 aliphatic carbocycles. The third-order valence-electron chi connectivity index (χ3n) is 2.76. The Morgan fingerprint density at radius 3 is 2.00 bits per heavy atom. The van der Waals surface area contributed by atoms with Gasteiger partial charge < -0.3 is 0 Å². The fourth-order valence-corrected chi connectivity index (χ4v) is 4.90. The van der Waals surface area contributed by atoms with Gasteiger partial charge in [-0.3, -0.25) is 0 Å². The molecule has 1 heteroatoms. The van der Waals surface area contributed by atoms with Crippen LogP contribution in [0.2, 0.25) is 0 Å². The number of halogens is 1. The first-order valence-corrected chi connectivity index (χ1v) is 8.01. The number of benzene rings is 2. The van der Waals surface area contributed by atoms with Gasteiger partial charge in [0.2, 0.25) is 0 Å². The second-order valence-electron chi connectivity index (χ2n) is 4.61. The van der Waals surface area contributed by atoms with E-state index in [4.69, 9.17) is 0 Å². The van der Waals surface area contributed by atoms with Crippen molar-refractivity contribution in [2.75, 3.05) is 0 Å². The fraction of sp³-hybridized carbons (Fsp3) is 0.250. The molecule has 0 fully saturated rings. The van der Waals surface area contributed by atoms with Crippen molar-refractivity contribution in [2.45, 2.75) is 27.7 Å². The standard InChI is InChI=1S/C16H18I/c1-11-6-5-7-15(10-11)17-16-13(3)8-12(2)9-14(16)4/h5-10H,1-4H3/q-1. The van der Waals surface area contributed by atoms with Crippen LogP contribution >= 0.6 is 0 Å². The average molecular weight is 337 g/mol. The summed E-state index contributed by atoms with van der Waals surface area (Å²) in [6.07, 6.45) is 0. The van der Waals surface area contributed by atoms with Crippen LogP contribution in [0.1, 0.15) is 22.3 Å². The van der Waals surface area contributed by atoms with E-state index in [1.807, 2.05) is 0 Å². The molecule has 17 heavy (non-hydrogen) atoms. The molecule has 0 saturated carbocycles. The molecule has 0 N–H and O–H groups in total. The molecule has 0 heterocycles. The van der Waals surface area contributed by atoms with Gasteiger partial charge in [0.25, 0.3) is 0 Å². The average Bonchev–Trinajstić information content (AvgIpc) is 2.23. The molecule has 0 spiro atoms. The summed E-state index contributed by atoms with van der Waals surface area (Å²) in [5, 5.41) is 0. The minimum absolute atomic E-state index is 0.0443. The van der Waals surface area contributed by atoms with Gasteiger partial charge in [-0.25, -0.2) is 0 Å². The molecule has 0 aliphatic heterocycles. The normalized spacial score (nSPS) is 10.8. The van der Waals surface area contributed by atoms with Crippen molar-refractivity contribution in [1.29, 1.82) is 0 Å². The van der Waals surface area contributed by atoms with Crippen LogP contribution < -0.4 is 21.2 Å². The minimum atomic E-state index is -0.0443. The predicted octanol–water partition coefficient (Wildman–Crippen LogP) is 1.05. The van der Waals surface area contributed by atoms with E-state index in [-0.39, 0.29) is 21.2 Å². The zero-order chi connectivity index (χ0) is 12.4. The van der Waals surface area contributed by atoms with Crippen LogP contribution in [0.15, 0.2) is 36.4 Å². The zero-order valence-electron chi connectivity index (χ0n) is 10.8. The molecule has 2 aromatic rings. The summed E-state index contributed by atoms with van der Waals surface area (Å²) in [6.45, 7) is 8.83. The van der Waals surface area contributed by atoms with Crippen LogP contribution in [-0.2, 0) is 0 Å². The van der Waals surface area contributed by atoms with E-state index in [1.54, 1.807) is 3.57 Å². The Labute approximate surface area is 114 Å². The first kappa shape index (κ1) is 12.6. The summed E-state index contributed by atoms with van der Waals surface area (Å²) in [4.78, 5) is 0. The van der Waals surface area contributed by atoms with E-state index in [1.165, 1.54) is 25.8 Å². The molecule has 0 amide bonds. The molecule has 0 aromatic heterocycles. The second-order valence-corrected chi connectivity index (χ2v) is 7.47. The Morgan fingerprint density at radius 1 is 0.765 bits per heavy atom. The van der Waals surface area contributed by atoms with Crippen LogP contribution in [0.4, 0.5) is 0 Å². The predicted molar refractivity (Wildman–Crippen MR) is 69.2 cm³/mol. The summed E-state index contributed by atoms with van der Waals surface area (Å²) in [7, 11) is 0. The fourth-order valence-electron chi connectivity index (χ4n) is 2.08. The quantitative estimate of drug-likeness (QED) is 0.719. The Morgan fingerprint density at radius 2 is 1.41 bits per heavy atom. The van der Waals surface area contributed by atoms with Gasteiger partial charge in [-0.1, -0.05) is 0 Å². The molecule has 0 nitrogen and oxygen atoms in total. The van der Waals surface area contributed by atoms with Gasteiger partial charge in [0, 0.05) is 0 Å². The monoisotopic (exact) mass is 337 g/mol. The third kappa shape index (κ3) is 3.09. The van der Waals surface area contributed by atoms with E-state index in [2.05, 4.69) is 64.1 Å². The maximum absolute atomic E-state index is 2.33. The van der Waals surface area contributed by atoms with E-state index in [9.17, 15) is 0 Å². The second kappa shape index (κ2) is 5.21. The molecule has 0 radical (unpaired) electrons. The molecular weight excluding hydrogens is 319 g/mol. The van der Waals surface area contributed by atoms with Crippen molar-refractivity contribution in [2.24, 2.45) is 0 Å². The Hall–Kier alpha value is -0.830. The van der Waals surface area contributed by atoms with Gasteiger partial charge in [0.05, 0.1) is 0 Å². The summed E-state index contributed by atoms with van der Waals surface area (Å²) in [6, 6.07) is 13.5. The number of rotatable bonds is 2. The van der Waals surface area contributed by atoms with Crippen molar-refractivity contribution in [3.05, 3.63) is 65.8 Å². The molecule has 90 valence electrons. The summed E-state index contributed by atoms with van der Waals surface area (Å²) in [5.74, 6) is 0. The van der Waals surface area contributed by atoms with E-state index >= 15 is 0 Å². The molecule has 0 unspecified atom stereocenters. The van der Waals surface area contributed by atoms with E-state index < -0.39 is 0 Å². The zero-order valence-corrected chi connectivity index (χ0v) is 13.0. The van der Waals surface area contributed by atoms with Crippen molar-refractivity contribution in [3.8, 4) is 0 Å². The van der Waals surface area contributed by atoms with E-state index in [0.717, 1.165) is 0 Å².